The molecule has 1 fully saturated rings. The summed E-state index contributed by atoms with van der Waals surface area (Å²) in [5, 5.41) is 11.3. The monoisotopic (exact) mass is 334 g/mol. The molecule has 0 radical (unpaired) electrons. The van der Waals surface area contributed by atoms with Gasteiger partial charge in [-0.25, -0.2) is 0 Å². The molecular formula is C16H18N2O4S. The van der Waals surface area contributed by atoms with Gasteiger partial charge in [0.15, 0.2) is 0 Å². The maximum Gasteiger partial charge on any atom is 0.325 e. The van der Waals surface area contributed by atoms with Crippen molar-refractivity contribution in [1.82, 2.24) is 10.2 Å². The quantitative estimate of drug-likeness (QED) is 0.877. The number of rotatable bonds is 3. The zero-order valence-corrected chi connectivity index (χ0v) is 13.9. The van der Waals surface area contributed by atoms with Gasteiger partial charge in [-0.2, -0.15) is 0 Å². The molecule has 2 heterocycles. The Morgan fingerprint density at radius 3 is 2.65 bits per heavy atom. The molecule has 3 rings (SSSR count). The lowest BCUT2D eigenvalue weighted by Gasteiger charge is -2.30. The summed E-state index contributed by atoms with van der Waals surface area (Å²) in [6.45, 7) is 5.22. The fourth-order valence-corrected chi connectivity index (χ4v) is 4.75. The molecule has 0 spiro atoms. The number of amides is 2. The molecule has 3 atom stereocenters. The van der Waals surface area contributed by atoms with Crippen LogP contribution in [-0.4, -0.2) is 44.6 Å². The van der Waals surface area contributed by atoms with Crippen LogP contribution < -0.4 is 5.32 Å². The molecule has 1 saturated heterocycles. The van der Waals surface area contributed by atoms with Gasteiger partial charge in [0.2, 0.25) is 5.91 Å². The zero-order chi connectivity index (χ0) is 16.9. The molecule has 2 aliphatic rings. The van der Waals surface area contributed by atoms with E-state index >= 15 is 0 Å². The number of aliphatic carboxylic acids is 1. The fraction of sp³-hybridized carbons (Fsp3) is 0.438. The lowest BCUT2D eigenvalue weighted by molar-refractivity contribution is -0.142. The van der Waals surface area contributed by atoms with Gasteiger partial charge >= 0.3 is 5.97 Å². The molecule has 122 valence electrons. The summed E-state index contributed by atoms with van der Waals surface area (Å²) in [6.07, 6.45) is 0. The molecule has 2 aliphatic heterocycles. The van der Waals surface area contributed by atoms with E-state index in [1.54, 1.807) is 28.8 Å². The summed E-state index contributed by atoms with van der Waals surface area (Å²) in [5.74, 6) is -1.71. The lowest BCUT2D eigenvalue weighted by Crippen LogP contribution is -2.55. The van der Waals surface area contributed by atoms with E-state index in [2.05, 4.69) is 5.32 Å². The number of carboxylic acid groups (broad SMARTS) is 1. The summed E-state index contributed by atoms with van der Waals surface area (Å²) in [4.78, 5) is 37.9. The number of hydrogen-bond donors (Lipinski definition) is 2. The third-order valence-electron chi connectivity index (χ3n) is 4.27. The molecule has 0 aliphatic carbocycles. The second kappa shape index (κ2) is 5.26. The third kappa shape index (κ3) is 2.39. The van der Waals surface area contributed by atoms with E-state index in [0.29, 0.717) is 5.56 Å². The van der Waals surface area contributed by atoms with Crippen molar-refractivity contribution in [1.29, 1.82) is 0 Å². The first kappa shape index (κ1) is 15.9. The van der Waals surface area contributed by atoms with Crippen molar-refractivity contribution < 1.29 is 19.5 Å². The van der Waals surface area contributed by atoms with Crippen molar-refractivity contribution in [2.24, 2.45) is 0 Å². The van der Waals surface area contributed by atoms with Crippen molar-refractivity contribution in [2.75, 3.05) is 0 Å². The summed E-state index contributed by atoms with van der Waals surface area (Å²) in [6, 6.07) is 5.64. The second-order valence-corrected chi connectivity index (χ2v) is 8.08. The van der Waals surface area contributed by atoms with Crippen LogP contribution in [0, 0.1) is 0 Å². The highest BCUT2D eigenvalue weighted by Gasteiger charge is 2.57. The first-order chi connectivity index (χ1) is 10.7. The number of carboxylic acids is 1. The molecule has 1 aromatic carbocycles. The summed E-state index contributed by atoms with van der Waals surface area (Å²) in [5.41, 5.74) is 1.53. The van der Waals surface area contributed by atoms with Gasteiger partial charge in [-0.05, 0) is 32.4 Å². The van der Waals surface area contributed by atoms with Crippen LogP contribution in [0.1, 0.15) is 42.1 Å². The largest absolute Gasteiger partial charge is 0.480 e. The minimum atomic E-state index is -1.10. The van der Waals surface area contributed by atoms with E-state index in [9.17, 15) is 14.4 Å². The normalized spacial score (nSPS) is 25.7. The standard InChI is InChI=1S/C16H18N2O4S/c1-8(15(21)22)17-12(19)11-16(2,3)23-14-10-7-5-4-6-9(10)13(20)18(11)14/h4-8,11,14H,1-3H3,(H,17,19)(H,21,22)/t8-,11+,14-/m1/s1. The van der Waals surface area contributed by atoms with Gasteiger partial charge in [-0.3, -0.25) is 14.4 Å². The van der Waals surface area contributed by atoms with Crippen LogP contribution in [-0.2, 0) is 9.59 Å². The van der Waals surface area contributed by atoms with E-state index in [0.717, 1.165) is 5.56 Å². The van der Waals surface area contributed by atoms with E-state index in [4.69, 9.17) is 5.11 Å². The third-order valence-corrected chi connectivity index (χ3v) is 5.81. The highest BCUT2D eigenvalue weighted by molar-refractivity contribution is 8.01. The van der Waals surface area contributed by atoms with Crippen LogP contribution >= 0.6 is 11.8 Å². The summed E-state index contributed by atoms with van der Waals surface area (Å²) < 4.78 is -0.504. The number of hydrogen-bond acceptors (Lipinski definition) is 4. The zero-order valence-electron chi connectivity index (χ0n) is 13.1. The van der Waals surface area contributed by atoms with Crippen LogP contribution in [0.3, 0.4) is 0 Å². The van der Waals surface area contributed by atoms with Crippen molar-refractivity contribution in [3.05, 3.63) is 35.4 Å². The Labute approximate surface area is 138 Å². The number of carbonyl (C=O) groups is 3. The minimum Gasteiger partial charge on any atom is -0.480 e. The van der Waals surface area contributed by atoms with E-state index < -0.39 is 28.7 Å². The molecule has 2 amide bonds. The van der Waals surface area contributed by atoms with Crippen LogP contribution in [0.2, 0.25) is 0 Å². The van der Waals surface area contributed by atoms with E-state index in [-0.39, 0.29) is 11.3 Å². The Morgan fingerprint density at radius 2 is 2.00 bits per heavy atom. The molecule has 6 nitrogen and oxygen atoms in total. The van der Waals surface area contributed by atoms with Gasteiger partial charge in [-0.15, -0.1) is 11.8 Å². The molecule has 7 heteroatoms. The molecule has 0 bridgehead atoms. The number of nitrogens with zero attached hydrogens (tertiary/aromatic N) is 1. The van der Waals surface area contributed by atoms with Crippen LogP contribution in [0.25, 0.3) is 0 Å². The van der Waals surface area contributed by atoms with Crippen molar-refractivity contribution >= 4 is 29.5 Å². The maximum atomic E-state index is 12.7. The van der Waals surface area contributed by atoms with Crippen LogP contribution in [0.15, 0.2) is 24.3 Å². The average Bonchev–Trinajstić information content (AvgIpc) is 2.90. The first-order valence-corrected chi connectivity index (χ1v) is 8.24. The van der Waals surface area contributed by atoms with Gasteiger partial charge in [0.05, 0.1) is 0 Å². The van der Waals surface area contributed by atoms with Crippen LogP contribution in [0.5, 0.6) is 0 Å². The van der Waals surface area contributed by atoms with Crippen molar-refractivity contribution in [3.63, 3.8) is 0 Å². The Balaban J connectivity index is 1.94. The van der Waals surface area contributed by atoms with Crippen molar-refractivity contribution in [2.45, 2.75) is 43.0 Å². The Morgan fingerprint density at radius 1 is 1.35 bits per heavy atom. The lowest BCUT2D eigenvalue weighted by atomic mass is 10.0. The topological polar surface area (TPSA) is 86.7 Å². The Hall–Kier alpha value is -2.02. The smallest absolute Gasteiger partial charge is 0.325 e. The number of thioether (sulfide) groups is 1. The van der Waals surface area contributed by atoms with E-state index in [1.807, 2.05) is 26.0 Å². The second-order valence-electron chi connectivity index (χ2n) is 6.34. The molecule has 0 aromatic heterocycles. The number of benzene rings is 1. The van der Waals surface area contributed by atoms with E-state index in [1.165, 1.54) is 6.92 Å². The minimum absolute atomic E-state index is 0.174. The highest BCUT2D eigenvalue weighted by atomic mass is 32.2. The molecule has 1 aromatic rings. The average molecular weight is 334 g/mol. The molecule has 0 unspecified atom stereocenters. The highest BCUT2D eigenvalue weighted by Crippen LogP contribution is 2.56. The van der Waals surface area contributed by atoms with Crippen molar-refractivity contribution in [3.8, 4) is 0 Å². The predicted molar refractivity (Wildman–Crippen MR) is 86.1 cm³/mol. The Bertz CT molecular complexity index is 703. The molecule has 23 heavy (non-hydrogen) atoms. The first-order valence-electron chi connectivity index (χ1n) is 7.36. The molecule has 2 N–H and O–H groups in total. The van der Waals surface area contributed by atoms with Gasteiger partial charge in [-0.1, -0.05) is 18.2 Å². The number of nitrogens with one attached hydrogen (secondary N) is 1. The fourth-order valence-electron chi connectivity index (χ4n) is 3.16. The SMILES string of the molecule is C[C@@H](NC(=O)[C@@H]1N2C(=O)c3ccccc3[C@H]2SC1(C)C)C(=O)O. The number of carbonyl (C=O) groups excluding carboxylic acids is 2. The predicted octanol–water partition coefficient (Wildman–Crippen LogP) is 1.62. The van der Waals surface area contributed by atoms with Gasteiger partial charge in [0.25, 0.3) is 5.91 Å². The molecule has 0 saturated carbocycles. The Kier molecular flexibility index (Phi) is 3.63. The maximum absolute atomic E-state index is 12.7. The number of fused-ring (bicyclic) bond motifs is 3. The van der Waals surface area contributed by atoms with Gasteiger partial charge in [0, 0.05) is 10.3 Å². The van der Waals surface area contributed by atoms with Gasteiger partial charge in [0.1, 0.15) is 17.5 Å². The summed E-state index contributed by atoms with van der Waals surface area (Å²) >= 11 is 1.55. The summed E-state index contributed by atoms with van der Waals surface area (Å²) in [7, 11) is 0. The molecular weight excluding hydrogens is 316 g/mol. The van der Waals surface area contributed by atoms with Gasteiger partial charge < -0.3 is 15.3 Å². The van der Waals surface area contributed by atoms with Crippen LogP contribution in [0.4, 0.5) is 0 Å².